The molecule has 3 nitrogen and oxygen atoms in total. The number of nitrogens with zero attached hydrogens (tertiary/aromatic N) is 2. The van der Waals surface area contributed by atoms with Crippen molar-refractivity contribution in [1.82, 2.24) is 4.90 Å². The van der Waals surface area contributed by atoms with E-state index in [9.17, 15) is 4.79 Å². The van der Waals surface area contributed by atoms with Crippen LogP contribution < -0.4 is 0 Å². The van der Waals surface area contributed by atoms with Crippen molar-refractivity contribution >= 4 is 5.91 Å². The maximum atomic E-state index is 12.6. The second kappa shape index (κ2) is 11.1. The lowest BCUT2D eigenvalue weighted by atomic mass is 10.1. The Balaban J connectivity index is 2.02. The Hall–Kier alpha value is -0.570. The average Bonchev–Trinajstić information content (AvgIpc) is 2.87. The van der Waals surface area contributed by atoms with Crippen molar-refractivity contribution < 1.29 is 9.28 Å². The largest absolute Gasteiger partial charge is 0.341 e. The summed E-state index contributed by atoms with van der Waals surface area (Å²) in [5.41, 5.74) is 0. The zero-order valence-corrected chi connectivity index (χ0v) is 16.3. The predicted octanol–water partition coefficient (Wildman–Crippen LogP) is 4.60. The molecule has 0 N–H and O–H groups in total. The summed E-state index contributed by atoms with van der Waals surface area (Å²) < 4.78 is 0.876. The fourth-order valence-electron chi connectivity index (χ4n) is 3.82. The Morgan fingerprint density at radius 3 is 1.96 bits per heavy atom. The molecule has 1 rings (SSSR count). The molecule has 1 fully saturated rings. The number of hydrogen-bond donors (Lipinski definition) is 0. The van der Waals surface area contributed by atoms with Crippen LogP contribution in [0.15, 0.2) is 0 Å². The lowest BCUT2D eigenvalue weighted by Crippen LogP contribution is -2.52. The van der Waals surface area contributed by atoms with Gasteiger partial charge in [-0.25, -0.2) is 0 Å². The fourth-order valence-corrected chi connectivity index (χ4v) is 3.82. The normalized spacial score (nSPS) is 19.9. The van der Waals surface area contributed by atoms with Gasteiger partial charge in [0.05, 0.1) is 20.6 Å². The second-order valence-corrected chi connectivity index (χ2v) is 8.10. The fraction of sp³-hybridized carbons (Fsp3) is 0.950. The van der Waals surface area contributed by atoms with Gasteiger partial charge < -0.3 is 9.38 Å². The maximum absolute atomic E-state index is 12.6. The van der Waals surface area contributed by atoms with Crippen molar-refractivity contribution in [2.24, 2.45) is 0 Å². The van der Waals surface area contributed by atoms with Gasteiger partial charge in [-0.15, -0.1) is 0 Å². The molecule has 1 saturated heterocycles. The van der Waals surface area contributed by atoms with E-state index in [-0.39, 0.29) is 6.04 Å². The first kappa shape index (κ1) is 20.5. The van der Waals surface area contributed by atoms with Crippen LogP contribution in [-0.4, -0.2) is 55.6 Å². The molecule has 1 aliphatic rings. The van der Waals surface area contributed by atoms with Crippen LogP contribution >= 0.6 is 0 Å². The van der Waals surface area contributed by atoms with E-state index in [1.54, 1.807) is 0 Å². The van der Waals surface area contributed by atoms with Crippen molar-refractivity contribution in [3.8, 4) is 0 Å². The van der Waals surface area contributed by atoms with Gasteiger partial charge in [0.25, 0.3) is 5.91 Å². The molecule has 136 valence electrons. The number of carbonyl (C=O) groups excluding carboxylic acids is 1. The molecule has 1 amide bonds. The van der Waals surface area contributed by atoms with Crippen LogP contribution in [-0.2, 0) is 4.79 Å². The molecule has 0 radical (unpaired) electrons. The second-order valence-electron chi connectivity index (χ2n) is 8.10. The summed E-state index contributed by atoms with van der Waals surface area (Å²) in [6.45, 7) is 4.35. The van der Waals surface area contributed by atoms with Gasteiger partial charge in [-0.1, -0.05) is 64.7 Å². The Morgan fingerprint density at radius 2 is 1.48 bits per heavy atom. The highest BCUT2D eigenvalue weighted by Crippen LogP contribution is 2.23. The van der Waals surface area contributed by atoms with Crippen LogP contribution in [0.5, 0.6) is 0 Å². The highest BCUT2D eigenvalue weighted by Gasteiger charge is 2.40. The third-order valence-corrected chi connectivity index (χ3v) is 5.56. The Morgan fingerprint density at radius 1 is 0.957 bits per heavy atom. The number of rotatable bonds is 12. The molecule has 23 heavy (non-hydrogen) atoms. The monoisotopic (exact) mass is 325 g/mol. The van der Waals surface area contributed by atoms with Crippen molar-refractivity contribution in [1.29, 1.82) is 0 Å². The summed E-state index contributed by atoms with van der Waals surface area (Å²) in [5.74, 6) is 0.364. The SMILES string of the molecule is CCCCCCCCCCCCN(C)C(=O)[C@@H]1CCC[N+]1(C)C. The van der Waals surface area contributed by atoms with E-state index >= 15 is 0 Å². The Labute approximate surface area is 145 Å². The number of likely N-dealkylation sites (N-methyl/N-ethyl adjacent to an activating group) is 2. The highest BCUT2D eigenvalue weighted by molar-refractivity contribution is 5.80. The predicted molar refractivity (Wildman–Crippen MR) is 99.5 cm³/mol. The number of unbranched alkanes of at least 4 members (excludes halogenated alkanes) is 9. The van der Waals surface area contributed by atoms with E-state index in [0.29, 0.717) is 5.91 Å². The molecule has 1 aliphatic heterocycles. The molecule has 0 spiro atoms. The molecule has 3 heteroatoms. The van der Waals surface area contributed by atoms with Crippen LogP contribution in [0, 0.1) is 0 Å². The Bertz CT molecular complexity index is 328. The topological polar surface area (TPSA) is 20.3 Å². The van der Waals surface area contributed by atoms with Crippen molar-refractivity contribution in [2.75, 3.05) is 34.2 Å². The van der Waals surface area contributed by atoms with E-state index in [1.165, 1.54) is 64.2 Å². The number of quaternary nitrogens is 1. The van der Waals surface area contributed by atoms with Crippen molar-refractivity contribution in [2.45, 2.75) is 90.0 Å². The van der Waals surface area contributed by atoms with Gasteiger partial charge in [-0.3, -0.25) is 4.79 Å². The number of likely N-dealkylation sites (tertiary alicyclic amines) is 1. The van der Waals surface area contributed by atoms with Gasteiger partial charge in [0, 0.05) is 26.4 Å². The first-order chi connectivity index (χ1) is 11.0. The van der Waals surface area contributed by atoms with E-state index in [1.807, 2.05) is 11.9 Å². The molecule has 0 aliphatic carbocycles. The molecular weight excluding hydrogens is 284 g/mol. The summed E-state index contributed by atoms with van der Waals surface area (Å²) in [5, 5.41) is 0. The molecule has 0 saturated carbocycles. The van der Waals surface area contributed by atoms with Crippen LogP contribution in [0.3, 0.4) is 0 Å². The maximum Gasteiger partial charge on any atom is 0.280 e. The van der Waals surface area contributed by atoms with Gasteiger partial charge in [0.1, 0.15) is 0 Å². The molecule has 1 atom stereocenters. The number of amides is 1. The first-order valence-electron chi connectivity index (χ1n) is 10.1. The first-order valence-corrected chi connectivity index (χ1v) is 10.1. The number of hydrogen-bond acceptors (Lipinski definition) is 1. The summed E-state index contributed by atoms with van der Waals surface area (Å²) in [7, 11) is 6.39. The van der Waals surface area contributed by atoms with E-state index in [0.717, 1.165) is 30.4 Å². The average molecular weight is 326 g/mol. The quantitative estimate of drug-likeness (QED) is 0.379. The summed E-state index contributed by atoms with van der Waals surface area (Å²) in [6.07, 6.45) is 15.8. The minimum Gasteiger partial charge on any atom is -0.341 e. The standard InChI is InChI=1S/C20H41N2O/c1-5-6-7-8-9-10-11-12-13-14-17-21(2)20(23)19-16-15-18-22(19,3)4/h19H,5-18H2,1-4H3/q+1/t19-/m0/s1. The van der Waals surface area contributed by atoms with Crippen molar-refractivity contribution in [3.05, 3.63) is 0 Å². The Kier molecular flexibility index (Phi) is 9.85. The van der Waals surface area contributed by atoms with Crippen LogP contribution in [0.1, 0.15) is 84.0 Å². The van der Waals surface area contributed by atoms with Crippen LogP contribution in [0.2, 0.25) is 0 Å². The lowest BCUT2D eigenvalue weighted by molar-refractivity contribution is -0.893. The van der Waals surface area contributed by atoms with E-state index in [2.05, 4.69) is 21.0 Å². The van der Waals surface area contributed by atoms with Crippen molar-refractivity contribution in [3.63, 3.8) is 0 Å². The summed E-state index contributed by atoms with van der Waals surface area (Å²) in [6, 6.07) is 0.197. The van der Waals surface area contributed by atoms with E-state index < -0.39 is 0 Å². The molecule has 0 aromatic heterocycles. The molecule has 0 aromatic rings. The summed E-state index contributed by atoms with van der Waals surface area (Å²) >= 11 is 0. The minimum absolute atomic E-state index is 0.197. The zero-order valence-electron chi connectivity index (χ0n) is 16.3. The zero-order chi connectivity index (χ0) is 17.1. The summed E-state index contributed by atoms with van der Waals surface area (Å²) in [4.78, 5) is 14.5. The minimum atomic E-state index is 0.197. The van der Waals surface area contributed by atoms with Crippen LogP contribution in [0.4, 0.5) is 0 Å². The smallest absolute Gasteiger partial charge is 0.280 e. The van der Waals surface area contributed by atoms with Gasteiger partial charge in [0.2, 0.25) is 0 Å². The van der Waals surface area contributed by atoms with Gasteiger partial charge in [0.15, 0.2) is 6.04 Å². The highest BCUT2D eigenvalue weighted by atomic mass is 16.2. The van der Waals surface area contributed by atoms with Gasteiger partial charge in [-0.2, -0.15) is 0 Å². The third kappa shape index (κ3) is 7.69. The van der Waals surface area contributed by atoms with E-state index in [4.69, 9.17) is 0 Å². The van der Waals surface area contributed by atoms with Crippen LogP contribution in [0.25, 0.3) is 0 Å². The van der Waals surface area contributed by atoms with Gasteiger partial charge in [-0.05, 0) is 6.42 Å². The molecule has 0 aromatic carbocycles. The number of carbonyl (C=O) groups is 1. The molecule has 1 heterocycles. The molecule has 0 unspecified atom stereocenters. The van der Waals surface area contributed by atoms with Gasteiger partial charge >= 0.3 is 0 Å². The lowest BCUT2D eigenvalue weighted by Gasteiger charge is -2.33. The molecular formula is C20H41N2O+. The molecule has 0 bridgehead atoms. The third-order valence-electron chi connectivity index (χ3n) is 5.56.